The normalized spacial score (nSPS) is 14.4. The third-order valence-electron chi connectivity index (χ3n) is 3.75. The number of carbonyl (C=O) groups is 1. The van der Waals surface area contributed by atoms with Crippen molar-refractivity contribution < 1.29 is 9.53 Å². The maximum Gasteiger partial charge on any atom is 0.325 e. The van der Waals surface area contributed by atoms with Gasteiger partial charge in [0.15, 0.2) is 5.13 Å². The highest BCUT2D eigenvalue weighted by Gasteiger charge is 2.18. The number of likely N-dealkylation sites (N-methyl/N-ethyl adjacent to an activating group) is 1. The molecule has 0 radical (unpaired) electrons. The van der Waals surface area contributed by atoms with Crippen LogP contribution in [0.5, 0.6) is 5.75 Å². The summed E-state index contributed by atoms with van der Waals surface area (Å²) in [5.41, 5.74) is 2.08. The second kappa shape index (κ2) is 7.46. The third-order valence-corrected chi connectivity index (χ3v) is 4.75. The summed E-state index contributed by atoms with van der Waals surface area (Å²) in [6.07, 6.45) is 4.36. The van der Waals surface area contributed by atoms with E-state index in [1.807, 2.05) is 30.3 Å². The molecule has 2 aromatic rings. The first kappa shape index (κ1) is 16.5. The van der Waals surface area contributed by atoms with Gasteiger partial charge in [0.25, 0.3) is 0 Å². The SMILES string of the molecule is COc1ccc(/C=C/NC(=O)Nc2nc3c(s2)CN(C)CC3)cc1. The Balaban J connectivity index is 1.53. The minimum Gasteiger partial charge on any atom is -0.497 e. The van der Waals surface area contributed by atoms with E-state index in [1.54, 1.807) is 13.3 Å². The van der Waals surface area contributed by atoms with E-state index in [0.29, 0.717) is 5.13 Å². The lowest BCUT2D eigenvalue weighted by Gasteiger charge is -2.20. The smallest absolute Gasteiger partial charge is 0.325 e. The third kappa shape index (κ3) is 4.12. The number of urea groups is 1. The Morgan fingerprint density at radius 3 is 2.92 bits per heavy atom. The summed E-state index contributed by atoms with van der Waals surface area (Å²) in [6, 6.07) is 7.29. The number of nitrogens with zero attached hydrogens (tertiary/aromatic N) is 2. The van der Waals surface area contributed by atoms with Crippen LogP contribution in [-0.4, -0.2) is 36.6 Å². The molecule has 7 heteroatoms. The molecule has 0 saturated heterocycles. The Hall–Kier alpha value is -2.38. The Kier molecular flexibility index (Phi) is 5.12. The van der Waals surface area contributed by atoms with Crippen molar-refractivity contribution in [2.75, 3.05) is 26.0 Å². The van der Waals surface area contributed by atoms with E-state index in [4.69, 9.17) is 4.74 Å². The molecule has 2 N–H and O–H groups in total. The second-order valence-electron chi connectivity index (χ2n) is 5.58. The minimum absolute atomic E-state index is 0.292. The fraction of sp³-hybridized carbons (Fsp3) is 0.294. The number of ether oxygens (including phenoxy) is 1. The van der Waals surface area contributed by atoms with Crippen molar-refractivity contribution in [3.63, 3.8) is 0 Å². The maximum absolute atomic E-state index is 11.9. The molecule has 0 fully saturated rings. The van der Waals surface area contributed by atoms with Crippen LogP contribution in [0.15, 0.2) is 30.5 Å². The zero-order chi connectivity index (χ0) is 16.9. The number of carbonyl (C=O) groups excluding carboxylic acids is 1. The summed E-state index contributed by atoms with van der Waals surface area (Å²) in [5, 5.41) is 6.12. The zero-order valence-electron chi connectivity index (χ0n) is 13.7. The fourth-order valence-corrected chi connectivity index (χ4v) is 3.52. The number of benzene rings is 1. The number of anilines is 1. The Morgan fingerprint density at radius 1 is 1.38 bits per heavy atom. The summed E-state index contributed by atoms with van der Waals surface area (Å²) < 4.78 is 5.11. The zero-order valence-corrected chi connectivity index (χ0v) is 14.5. The number of aromatic nitrogens is 1. The number of rotatable bonds is 4. The number of nitrogens with one attached hydrogen (secondary N) is 2. The highest BCUT2D eigenvalue weighted by atomic mass is 32.1. The first-order valence-corrected chi connectivity index (χ1v) is 8.51. The lowest BCUT2D eigenvalue weighted by molar-refractivity contribution is 0.255. The van der Waals surface area contributed by atoms with Crippen LogP contribution in [0, 0.1) is 0 Å². The summed E-state index contributed by atoms with van der Waals surface area (Å²) in [5.74, 6) is 0.802. The predicted octanol–water partition coefficient (Wildman–Crippen LogP) is 2.93. The molecule has 126 valence electrons. The number of hydrogen-bond acceptors (Lipinski definition) is 5. The van der Waals surface area contributed by atoms with Gasteiger partial charge in [-0.3, -0.25) is 5.32 Å². The molecular formula is C17H20N4O2S. The Morgan fingerprint density at radius 2 is 2.17 bits per heavy atom. The number of fused-ring (bicyclic) bond motifs is 1. The van der Waals surface area contributed by atoms with Crippen molar-refractivity contribution in [2.24, 2.45) is 0 Å². The molecule has 1 aliphatic heterocycles. The van der Waals surface area contributed by atoms with Crippen LogP contribution in [0.1, 0.15) is 16.1 Å². The monoisotopic (exact) mass is 344 g/mol. The molecule has 0 aliphatic carbocycles. The van der Waals surface area contributed by atoms with E-state index in [2.05, 4.69) is 27.6 Å². The van der Waals surface area contributed by atoms with Gasteiger partial charge in [-0.2, -0.15) is 0 Å². The van der Waals surface area contributed by atoms with Crippen LogP contribution in [0.25, 0.3) is 6.08 Å². The van der Waals surface area contributed by atoms with E-state index < -0.39 is 0 Å². The summed E-state index contributed by atoms with van der Waals surface area (Å²) >= 11 is 1.54. The lowest BCUT2D eigenvalue weighted by atomic mass is 10.2. The van der Waals surface area contributed by atoms with Gasteiger partial charge in [0.1, 0.15) is 5.75 Å². The lowest BCUT2D eigenvalue weighted by Crippen LogP contribution is -2.25. The molecule has 2 heterocycles. The number of hydrogen-bond donors (Lipinski definition) is 2. The van der Waals surface area contributed by atoms with Gasteiger partial charge < -0.3 is 15.0 Å². The molecule has 1 aromatic heterocycles. The topological polar surface area (TPSA) is 66.5 Å². The number of amides is 2. The molecule has 1 aromatic carbocycles. The Labute approximate surface area is 145 Å². The van der Waals surface area contributed by atoms with E-state index in [0.717, 1.165) is 36.5 Å². The second-order valence-corrected chi connectivity index (χ2v) is 6.67. The first-order valence-electron chi connectivity index (χ1n) is 7.69. The summed E-state index contributed by atoms with van der Waals surface area (Å²) in [7, 11) is 3.72. The van der Waals surface area contributed by atoms with Crippen molar-refractivity contribution in [2.45, 2.75) is 13.0 Å². The quantitative estimate of drug-likeness (QED) is 0.895. The molecule has 24 heavy (non-hydrogen) atoms. The van der Waals surface area contributed by atoms with Gasteiger partial charge in [0.05, 0.1) is 12.8 Å². The van der Waals surface area contributed by atoms with Crippen molar-refractivity contribution in [3.05, 3.63) is 46.6 Å². The van der Waals surface area contributed by atoms with Gasteiger partial charge in [-0.15, -0.1) is 11.3 Å². The number of thiazole rings is 1. The highest BCUT2D eigenvalue weighted by molar-refractivity contribution is 7.15. The largest absolute Gasteiger partial charge is 0.497 e. The van der Waals surface area contributed by atoms with Gasteiger partial charge in [-0.05, 0) is 30.8 Å². The standard InChI is InChI=1S/C17H20N4O2S/c1-21-10-8-14-15(11-21)24-17(19-14)20-16(22)18-9-7-12-3-5-13(23-2)6-4-12/h3-7,9H,8,10-11H2,1-2H3,(H2,18,19,20,22)/b9-7+. The molecule has 0 unspecified atom stereocenters. The van der Waals surface area contributed by atoms with Gasteiger partial charge >= 0.3 is 6.03 Å². The van der Waals surface area contributed by atoms with Gasteiger partial charge in [0.2, 0.25) is 0 Å². The van der Waals surface area contributed by atoms with Crippen LogP contribution in [0.3, 0.4) is 0 Å². The van der Waals surface area contributed by atoms with E-state index >= 15 is 0 Å². The van der Waals surface area contributed by atoms with Crippen LogP contribution in [-0.2, 0) is 13.0 Å². The molecular weight excluding hydrogens is 324 g/mol. The van der Waals surface area contributed by atoms with Crippen LogP contribution >= 0.6 is 11.3 Å². The molecule has 0 saturated carbocycles. The molecule has 6 nitrogen and oxygen atoms in total. The molecule has 2 amide bonds. The highest BCUT2D eigenvalue weighted by Crippen LogP contribution is 2.27. The summed E-state index contributed by atoms with van der Waals surface area (Å²) in [6.45, 7) is 1.90. The molecule has 1 aliphatic rings. The van der Waals surface area contributed by atoms with Crippen LogP contribution < -0.4 is 15.4 Å². The Bertz CT molecular complexity index is 740. The molecule has 0 spiro atoms. The van der Waals surface area contributed by atoms with Gasteiger partial charge in [-0.25, -0.2) is 9.78 Å². The van der Waals surface area contributed by atoms with E-state index in [-0.39, 0.29) is 6.03 Å². The molecule has 0 bridgehead atoms. The van der Waals surface area contributed by atoms with Crippen molar-refractivity contribution >= 4 is 28.6 Å². The van der Waals surface area contributed by atoms with E-state index in [1.165, 1.54) is 16.2 Å². The average Bonchev–Trinajstić information content (AvgIpc) is 2.96. The fourth-order valence-electron chi connectivity index (χ4n) is 2.44. The van der Waals surface area contributed by atoms with Gasteiger partial charge in [-0.1, -0.05) is 12.1 Å². The molecule has 0 atom stereocenters. The predicted molar refractivity (Wildman–Crippen MR) is 96.3 cm³/mol. The summed E-state index contributed by atoms with van der Waals surface area (Å²) in [4.78, 5) is 19.9. The van der Waals surface area contributed by atoms with Crippen LogP contribution in [0.4, 0.5) is 9.93 Å². The maximum atomic E-state index is 11.9. The van der Waals surface area contributed by atoms with Crippen molar-refractivity contribution in [1.82, 2.24) is 15.2 Å². The van der Waals surface area contributed by atoms with Crippen molar-refractivity contribution in [1.29, 1.82) is 0 Å². The molecule has 3 rings (SSSR count). The minimum atomic E-state index is -0.292. The van der Waals surface area contributed by atoms with Crippen molar-refractivity contribution in [3.8, 4) is 5.75 Å². The first-order chi connectivity index (χ1) is 11.6. The van der Waals surface area contributed by atoms with Crippen LogP contribution in [0.2, 0.25) is 0 Å². The average molecular weight is 344 g/mol. The van der Waals surface area contributed by atoms with E-state index in [9.17, 15) is 4.79 Å². The van der Waals surface area contributed by atoms with Gasteiger partial charge in [0, 0.05) is 30.6 Å². The number of methoxy groups -OCH3 is 1.